The van der Waals surface area contributed by atoms with Crippen LogP contribution in [0, 0.1) is 13.8 Å². The molecule has 26 heavy (non-hydrogen) atoms. The molecule has 7 heteroatoms. The van der Waals surface area contributed by atoms with Gasteiger partial charge in [0.05, 0.1) is 11.6 Å². The van der Waals surface area contributed by atoms with Crippen LogP contribution in [0.2, 0.25) is 0 Å². The Morgan fingerprint density at radius 1 is 1.12 bits per heavy atom. The molecule has 0 saturated carbocycles. The molecule has 0 unspecified atom stereocenters. The number of aromatic nitrogens is 1. The molecule has 0 aliphatic rings. The minimum Gasteiger partial charge on any atom is -0.492 e. The number of aryl methyl sites for hydroxylation is 3. The molecule has 0 aliphatic carbocycles. The molecule has 0 radical (unpaired) electrons. The number of rotatable bonds is 9. The zero-order valence-corrected chi connectivity index (χ0v) is 18.9. The van der Waals surface area contributed by atoms with Gasteiger partial charge in [0.15, 0.2) is 5.96 Å². The van der Waals surface area contributed by atoms with Crippen LogP contribution in [0.1, 0.15) is 29.1 Å². The summed E-state index contributed by atoms with van der Waals surface area (Å²) in [4.78, 5) is 8.72. The van der Waals surface area contributed by atoms with Crippen LogP contribution in [0.4, 0.5) is 0 Å². The maximum absolute atomic E-state index is 5.70. The molecule has 0 fully saturated rings. The third-order valence-electron chi connectivity index (χ3n) is 3.68. The van der Waals surface area contributed by atoms with Gasteiger partial charge in [-0.2, -0.15) is 0 Å². The third-order valence-corrected chi connectivity index (χ3v) is 4.71. The standard InChI is InChI=1S/C19H28N4OS.HI/c1-15-7-9-17(10-8-15)24-13-12-22-19(20-3)21-11-5-4-6-18-23-16(2)14-25-18;/h7-10,14H,4-6,11-13H2,1-3H3,(H2,20,21,22);1H. The average molecular weight is 488 g/mol. The minimum atomic E-state index is 0. The highest BCUT2D eigenvalue weighted by molar-refractivity contribution is 14.0. The number of halogens is 1. The highest BCUT2D eigenvalue weighted by Gasteiger charge is 2.00. The Bertz CT molecular complexity index is 658. The van der Waals surface area contributed by atoms with E-state index in [1.807, 2.05) is 19.1 Å². The summed E-state index contributed by atoms with van der Waals surface area (Å²) in [6.45, 7) is 6.33. The van der Waals surface area contributed by atoms with Crippen LogP contribution in [-0.4, -0.2) is 37.7 Å². The van der Waals surface area contributed by atoms with Crippen LogP contribution in [0.15, 0.2) is 34.6 Å². The molecule has 0 atom stereocenters. The van der Waals surface area contributed by atoms with Gasteiger partial charge in [-0.15, -0.1) is 35.3 Å². The first-order valence-corrected chi connectivity index (χ1v) is 9.60. The van der Waals surface area contributed by atoms with Crippen LogP contribution < -0.4 is 15.4 Å². The van der Waals surface area contributed by atoms with Crippen molar-refractivity contribution in [1.82, 2.24) is 15.6 Å². The highest BCUT2D eigenvalue weighted by atomic mass is 127. The molecular weight excluding hydrogens is 459 g/mol. The van der Waals surface area contributed by atoms with E-state index in [2.05, 4.69) is 45.0 Å². The highest BCUT2D eigenvalue weighted by Crippen LogP contribution is 2.12. The van der Waals surface area contributed by atoms with Crippen molar-refractivity contribution in [1.29, 1.82) is 0 Å². The van der Waals surface area contributed by atoms with Gasteiger partial charge in [-0.25, -0.2) is 4.98 Å². The number of hydrogen-bond donors (Lipinski definition) is 2. The lowest BCUT2D eigenvalue weighted by Crippen LogP contribution is -2.39. The monoisotopic (exact) mass is 488 g/mol. The molecule has 0 spiro atoms. The van der Waals surface area contributed by atoms with Crippen LogP contribution in [0.5, 0.6) is 5.75 Å². The first-order chi connectivity index (χ1) is 12.2. The lowest BCUT2D eigenvalue weighted by Gasteiger charge is -2.12. The summed E-state index contributed by atoms with van der Waals surface area (Å²) < 4.78 is 5.70. The van der Waals surface area contributed by atoms with E-state index < -0.39 is 0 Å². The summed E-state index contributed by atoms with van der Waals surface area (Å²) in [5, 5.41) is 9.94. The van der Waals surface area contributed by atoms with E-state index in [0.29, 0.717) is 13.2 Å². The van der Waals surface area contributed by atoms with E-state index in [4.69, 9.17) is 4.74 Å². The van der Waals surface area contributed by atoms with Gasteiger partial charge in [0.1, 0.15) is 12.4 Å². The van der Waals surface area contributed by atoms with Crippen molar-refractivity contribution in [3.8, 4) is 5.75 Å². The zero-order chi connectivity index (χ0) is 17.9. The first-order valence-electron chi connectivity index (χ1n) is 8.72. The van der Waals surface area contributed by atoms with Crippen LogP contribution in [-0.2, 0) is 6.42 Å². The minimum absolute atomic E-state index is 0. The molecule has 2 N–H and O–H groups in total. The fourth-order valence-corrected chi connectivity index (χ4v) is 3.14. The molecule has 2 rings (SSSR count). The van der Waals surface area contributed by atoms with Gasteiger partial charge in [0.2, 0.25) is 0 Å². The van der Waals surface area contributed by atoms with Crippen LogP contribution in [0.25, 0.3) is 0 Å². The predicted octanol–water partition coefficient (Wildman–Crippen LogP) is 3.94. The normalized spacial score (nSPS) is 11.0. The second-order valence-electron chi connectivity index (χ2n) is 5.93. The van der Waals surface area contributed by atoms with Crippen molar-refractivity contribution in [3.63, 3.8) is 0 Å². The molecule has 0 aliphatic heterocycles. The molecule has 1 aromatic carbocycles. The molecule has 0 amide bonds. The SMILES string of the molecule is CN=C(NCCCCc1nc(C)cs1)NCCOc1ccc(C)cc1.I. The fraction of sp³-hybridized carbons (Fsp3) is 0.474. The van der Waals surface area contributed by atoms with E-state index in [9.17, 15) is 0 Å². The Hall–Kier alpha value is -1.35. The predicted molar refractivity (Wildman–Crippen MR) is 121 cm³/mol. The number of nitrogens with zero attached hydrogens (tertiary/aromatic N) is 2. The Balaban J connectivity index is 0.00000338. The zero-order valence-electron chi connectivity index (χ0n) is 15.7. The van der Waals surface area contributed by atoms with Gasteiger partial charge >= 0.3 is 0 Å². The lowest BCUT2D eigenvalue weighted by molar-refractivity contribution is 0.322. The molecule has 0 saturated heterocycles. The summed E-state index contributed by atoms with van der Waals surface area (Å²) in [6, 6.07) is 8.09. The van der Waals surface area contributed by atoms with Gasteiger partial charge < -0.3 is 15.4 Å². The average Bonchev–Trinajstić information content (AvgIpc) is 3.03. The number of aliphatic imine (C=N–C) groups is 1. The van der Waals surface area contributed by atoms with E-state index >= 15 is 0 Å². The van der Waals surface area contributed by atoms with Crippen LogP contribution in [0.3, 0.4) is 0 Å². The Labute approximate surface area is 177 Å². The molecule has 1 aromatic heterocycles. The van der Waals surface area contributed by atoms with Gasteiger partial charge in [0.25, 0.3) is 0 Å². The number of nitrogens with one attached hydrogen (secondary N) is 2. The van der Waals surface area contributed by atoms with E-state index in [1.54, 1.807) is 18.4 Å². The van der Waals surface area contributed by atoms with Crippen molar-refractivity contribution >= 4 is 41.3 Å². The summed E-state index contributed by atoms with van der Waals surface area (Å²) in [7, 11) is 1.79. The van der Waals surface area contributed by atoms with Crippen molar-refractivity contribution in [3.05, 3.63) is 45.9 Å². The second-order valence-corrected chi connectivity index (χ2v) is 6.87. The topological polar surface area (TPSA) is 58.5 Å². The van der Waals surface area contributed by atoms with Gasteiger partial charge in [-0.1, -0.05) is 17.7 Å². The quantitative estimate of drug-likeness (QED) is 0.243. The van der Waals surface area contributed by atoms with Crippen molar-refractivity contribution in [2.24, 2.45) is 4.99 Å². The molecule has 144 valence electrons. The Kier molecular flexibility index (Phi) is 11.3. The number of guanidine groups is 1. The Morgan fingerprint density at radius 2 is 1.85 bits per heavy atom. The first kappa shape index (κ1) is 22.7. The summed E-state index contributed by atoms with van der Waals surface area (Å²) >= 11 is 1.75. The molecule has 0 bridgehead atoms. The van der Waals surface area contributed by atoms with E-state index in [-0.39, 0.29) is 24.0 Å². The number of benzene rings is 1. The molecule has 5 nitrogen and oxygen atoms in total. The number of unbranched alkanes of at least 4 members (excludes halogenated alkanes) is 1. The number of thiazole rings is 1. The summed E-state index contributed by atoms with van der Waals surface area (Å²) in [5.41, 5.74) is 2.36. The molecular formula is C19H29IN4OS. The van der Waals surface area contributed by atoms with Gasteiger partial charge in [-0.3, -0.25) is 4.99 Å². The summed E-state index contributed by atoms with van der Waals surface area (Å²) in [6.07, 6.45) is 3.28. The fourth-order valence-electron chi connectivity index (χ4n) is 2.32. The number of ether oxygens (including phenoxy) is 1. The maximum atomic E-state index is 5.70. The van der Waals surface area contributed by atoms with Crippen molar-refractivity contribution < 1.29 is 4.74 Å². The van der Waals surface area contributed by atoms with Crippen molar-refractivity contribution in [2.75, 3.05) is 26.7 Å². The Morgan fingerprint density at radius 3 is 2.50 bits per heavy atom. The van der Waals surface area contributed by atoms with Crippen LogP contribution >= 0.6 is 35.3 Å². The van der Waals surface area contributed by atoms with E-state index in [0.717, 1.165) is 43.2 Å². The lowest BCUT2D eigenvalue weighted by atomic mass is 10.2. The number of hydrogen-bond acceptors (Lipinski definition) is 4. The maximum Gasteiger partial charge on any atom is 0.191 e. The van der Waals surface area contributed by atoms with Crippen molar-refractivity contribution in [2.45, 2.75) is 33.1 Å². The second kappa shape index (κ2) is 12.9. The largest absolute Gasteiger partial charge is 0.492 e. The molecule has 2 aromatic rings. The summed E-state index contributed by atoms with van der Waals surface area (Å²) in [5.74, 6) is 1.71. The van der Waals surface area contributed by atoms with Gasteiger partial charge in [0, 0.05) is 24.7 Å². The van der Waals surface area contributed by atoms with E-state index in [1.165, 1.54) is 10.6 Å². The van der Waals surface area contributed by atoms with Gasteiger partial charge in [-0.05, 0) is 45.2 Å². The smallest absolute Gasteiger partial charge is 0.191 e. The molecule has 1 heterocycles. The third kappa shape index (κ3) is 8.84.